The van der Waals surface area contributed by atoms with E-state index in [2.05, 4.69) is 15.8 Å². The second-order valence-corrected chi connectivity index (χ2v) is 6.31. The summed E-state index contributed by atoms with van der Waals surface area (Å²) in [6.07, 6.45) is 1.87. The number of rotatable bonds is 4. The molecule has 3 amide bonds. The number of amides is 3. The second-order valence-electron chi connectivity index (χ2n) is 6.31. The Balaban J connectivity index is 1.83. The van der Waals surface area contributed by atoms with E-state index in [0.29, 0.717) is 24.5 Å². The van der Waals surface area contributed by atoms with Crippen molar-refractivity contribution in [2.24, 2.45) is 5.10 Å². The molecule has 0 radical (unpaired) electrons. The molecule has 0 aromatic heterocycles. The van der Waals surface area contributed by atoms with Crippen LogP contribution < -0.4 is 10.7 Å². The number of benzene rings is 1. The van der Waals surface area contributed by atoms with E-state index in [4.69, 9.17) is 0 Å². The van der Waals surface area contributed by atoms with Gasteiger partial charge in [-0.25, -0.2) is 5.43 Å². The van der Waals surface area contributed by atoms with E-state index in [1.165, 1.54) is 4.90 Å². The molecule has 134 valence electrons. The maximum absolute atomic E-state index is 12.0. The molecule has 1 fully saturated rings. The van der Waals surface area contributed by atoms with Gasteiger partial charge in [-0.05, 0) is 56.9 Å². The van der Waals surface area contributed by atoms with Crippen molar-refractivity contribution in [2.75, 3.05) is 18.4 Å². The van der Waals surface area contributed by atoms with Crippen LogP contribution in [-0.2, 0) is 14.4 Å². The Labute approximate surface area is 147 Å². The summed E-state index contributed by atoms with van der Waals surface area (Å²) in [7, 11) is 0. The fraction of sp³-hybridized carbons (Fsp3) is 0.444. The van der Waals surface area contributed by atoms with Gasteiger partial charge in [0.15, 0.2) is 0 Å². The van der Waals surface area contributed by atoms with Crippen molar-refractivity contribution < 1.29 is 14.4 Å². The second kappa shape index (κ2) is 8.41. The van der Waals surface area contributed by atoms with Gasteiger partial charge >= 0.3 is 11.8 Å². The Morgan fingerprint density at radius 3 is 2.44 bits per heavy atom. The quantitative estimate of drug-likeness (QED) is 0.495. The normalized spacial score (nSPS) is 14.4. The third-order valence-electron chi connectivity index (χ3n) is 4.14. The number of hydrazone groups is 1. The molecule has 1 aliphatic heterocycles. The summed E-state index contributed by atoms with van der Waals surface area (Å²) in [6.45, 7) is 6.82. The summed E-state index contributed by atoms with van der Waals surface area (Å²) < 4.78 is 0. The summed E-state index contributed by atoms with van der Waals surface area (Å²) in [5.41, 5.74) is 5.61. The molecular weight excluding hydrogens is 320 g/mol. The summed E-state index contributed by atoms with van der Waals surface area (Å²) in [4.78, 5) is 37.2. The molecular formula is C18H24N4O3. The van der Waals surface area contributed by atoms with Crippen LogP contribution in [-0.4, -0.2) is 41.4 Å². The minimum atomic E-state index is -0.768. The molecule has 1 heterocycles. The fourth-order valence-corrected chi connectivity index (χ4v) is 2.55. The molecule has 1 aromatic rings. The molecule has 0 bridgehead atoms. The predicted molar refractivity (Wildman–Crippen MR) is 96.2 cm³/mol. The standard InChI is InChI=1S/C18H24N4O3/c1-12-6-7-15(10-13(12)2)19-16(23)11-14(3)20-21-17(24)18(25)22-8-4-5-9-22/h6-7,10H,4-5,8-9,11H2,1-3H3,(H,19,23)(H,21,24). The Kier molecular flexibility index (Phi) is 6.27. The highest BCUT2D eigenvalue weighted by molar-refractivity contribution is 6.35. The Morgan fingerprint density at radius 2 is 1.80 bits per heavy atom. The average Bonchev–Trinajstić information content (AvgIpc) is 3.09. The van der Waals surface area contributed by atoms with Gasteiger partial charge in [0.1, 0.15) is 0 Å². The molecule has 0 unspecified atom stereocenters. The number of hydrogen-bond acceptors (Lipinski definition) is 4. The van der Waals surface area contributed by atoms with Crippen LogP contribution in [0.2, 0.25) is 0 Å². The van der Waals surface area contributed by atoms with E-state index < -0.39 is 11.8 Å². The molecule has 1 aromatic carbocycles. The summed E-state index contributed by atoms with van der Waals surface area (Å²) in [6, 6.07) is 5.68. The first-order chi connectivity index (χ1) is 11.9. The van der Waals surface area contributed by atoms with Gasteiger partial charge in [0, 0.05) is 24.5 Å². The van der Waals surface area contributed by atoms with Crippen LogP contribution in [0.5, 0.6) is 0 Å². The number of aryl methyl sites for hydroxylation is 2. The largest absolute Gasteiger partial charge is 0.334 e. The molecule has 1 aliphatic rings. The highest BCUT2D eigenvalue weighted by Gasteiger charge is 2.24. The average molecular weight is 344 g/mol. The van der Waals surface area contributed by atoms with Crippen LogP contribution in [0.15, 0.2) is 23.3 Å². The minimum absolute atomic E-state index is 0.0328. The van der Waals surface area contributed by atoms with Crippen molar-refractivity contribution in [3.63, 3.8) is 0 Å². The van der Waals surface area contributed by atoms with Crippen LogP contribution in [0, 0.1) is 13.8 Å². The molecule has 0 aliphatic carbocycles. The van der Waals surface area contributed by atoms with E-state index in [-0.39, 0.29) is 12.3 Å². The molecule has 25 heavy (non-hydrogen) atoms. The molecule has 7 nitrogen and oxygen atoms in total. The van der Waals surface area contributed by atoms with Crippen molar-refractivity contribution >= 4 is 29.1 Å². The van der Waals surface area contributed by atoms with E-state index in [9.17, 15) is 14.4 Å². The third-order valence-corrected chi connectivity index (χ3v) is 4.14. The monoisotopic (exact) mass is 344 g/mol. The number of anilines is 1. The summed E-state index contributed by atoms with van der Waals surface area (Å²) in [5, 5.41) is 6.63. The maximum atomic E-state index is 12.0. The molecule has 2 N–H and O–H groups in total. The van der Waals surface area contributed by atoms with Crippen molar-refractivity contribution in [3.05, 3.63) is 29.3 Å². The molecule has 0 atom stereocenters. The predicted octanol–water partition coefficient (Wildman–Crippen LogP) is 1.75. The zero-order chi connectivity index (χ0) is 18.4. The molecule has 2 rings (SSSR count). The van der Waals surface area contributed by atoms with Gasteiger partial charge in [-0.1, -0.05) is 6.07 Å². The lowest BCUT2D eigenvalue weighted by Crippen LogP contribution is -2.40. The van der Waals surface area contributed by atoms with Crippen LogP contribution >= 0.6 is 0 Å². The fourth-order valence-electron chi connectivity index (χ4n) is 2.55. The van der Waals surface area contributed by atoms with Gasteiger partial charge in [0.05, 0.1) is 6.42 Å². The highest BCUT2D eigenvalue weighted by atomic mass is 16.2. The van der Waals surface area contributed by atoms with E-state index in [1.807, 2.05) is 32.0 Å². The first-order valence-electron chi connectivity index (χ1n) is 8.36. The Hall–Kier alpha value is -2.70. The van der Waals surface area contributed by atoms with Gasteiger partial charge < -0.3 is 10.2 Å². The Bertz CT molecular complexity index is 706. The minimum Gasteiger partial charge on any atom is -0.334 e. The smallest absolute Gasteiger partial charge is 0.329 e. The maximum Gasteiger partial charge on any atom is 0.329 e. The first-order valence-corrected chi connectivity index (χ1v) is 8.36. The lowest BCUT2D eigenvalue weighted by Gasteiger charge is -2.13. The lowest BCUT2D eigenvalue weighted by molar-refractivity contribution is -0.145. The zero-order valence-electron chi connectivity index (χ0n) is 14.9. The van der Waals surface area contributed by atoms with Crippen LogP contribution in [0.25, 0.3) is 0 Å². The third kappa shape index (κ3) is 5.41. The number of carbonyl (C=O) groups excluding carboxylic acids is 3. The number of nitrogens with zero attached hydrogens (tertiary/aromatic N) is 2. The lowest BCUT2D eigenvalue weighted by atomic mass is 10.1. The number of likely N-dealkylation sites (tertiary alicyclic amines) is 1. The van der Waals surface area contributed by atoms with Gasteiger partial charge in [0.2, 0.25) is 5.91 Å². The van der Waals surface area contributed by atoms with Crippen LogP contribution in [0.3, 0.4) is 0 Å². The zero-order valence-corrected chi connectivity index (χ0v) is 14.9. The highest BCUT2D eigenvalue weighted by Crippen LogP contribution is 2.14. The Morgan fingerprint density at radius 1 is 1.12 bits per heavy atom. The van der Waals surface area contributed by atoms with E-state index in [1.54, 1.807) is 6.92 Å². The molecule has 0 saturated carbocycles. The molecule has 7 heteroatoms. The number of hydrogen-bond donors (Lipinski definition) is 2. The summed E-state index contributed by atoms with van der Waals surface area (Å²) in [5.74, 6) is -1.57. The van der Waals surface area contributed by atoms with Crippen LogP contribution in [0.1, 0.15) is 37.3 Å². The van der Waals surface area contributed by atoms with E-state index >= 15 is 0 Å². The SMILES string of the molecule is CC(CC(=O)Nc1ccc(C)c(C)c1)=NNC(=O)C(=O)N1CCCC1. The summed E-state index contributed by atoms with van der Waals surface area (Å²) >= 11 is 0. The van der Waals surface area contributed by atoms with Crippen molar-refractivity contribution in [1.82, 2.24) is 10.3 Å². The molecule has 0 spiro atoms. The van der Waals surface area contributed by atoms with Gasteiger partial charge in [0.25, 0.3) is 0 Å². The topological polar surface area (TPSA) is 90.9 Å². The van der Waals surface area contributed by atoms with Gasteiger partial charge in [-0.15, -0.1) is 0 Å². The van der Waals surface area contributed by atoms with Crippen molar-refractivity contribution in [1.29, 1.82) is 0 Å². The number of carbonyl (C=O) groups is 3. The van der Waals surface area contributed by atoms with Gasteiger partial charge in [-0.2, -0.15) is 5.10 Å². The van der Waals surface area contributed by atoms with Crippen molar-refractivity contribution in [3.8, 4) is 0 Å². The van der Waals surface area contributed by atoms with Crippen molar-refractivity contribution in [2.45, 2.75) is 40.0 Å². The first kappa shape index (κ1) is 18.6. The number of nitrogens with one attached hydrogen (secondary N) is 2. The van der Waals surface area contributed by atoms with E-state index in [0.717, 1.165) is 24.0 Å². The van der Waals surface area contributed by atoms with Crippen LogP contribution in [0.4, 0.5) is 5.69 Å². The molecule has 1 saturated heterocycles. The van der Waals surface area contributed by atoms with Gasteiger partial charge in [-0.3, -0.25) is 14.4 Å².